The van der Waals surface area contributed by atoms with Gasteiger partial charge in [0, 0.05) is 11.4 Å². The van der Waals surface area contributed by atoms with E-state index in [1.165, 1.54) is 9.13 Å². The van der Waals surface area contributed by atoms with Crippen LogP contribution in [0.3, 0.4) is 0 Å². The van der Waals surface area contributed by atoms with Crippen LogP contribution in [0.5, 0.6) is 0 Å². The molecule has 4 aromatic rings. The van der Waals surface area contributed by atoms with E-state index in [0.717, 1.165) is 11.1 Å². The molecule has 0 aliphatic carbocycles. The predicted octanol–water partition coefficient (Wildman–Crippen LogP) is 2.28. The maximum Gasteiger partial charge on any atom is 0.199 e. The molecule has 6 N–H and O–H groups in total. The van der Waals surface area contributed by atoms with Crippen LogP contribution in [0.1, 0.15) is 35.0 Å². The van der Waals surface area contributed by atoms with Gasteiger partial charge in [0.05, 0.1) is 0 Å². The van der Waals surface area contributed by atoms with Gasteiger partial charge in [-0.25, -0.2) is 0 Å². The standard InChI is InChI=1S/C22H24N6O4S2/c1-11-3-7-13(8-4-11)27-19(23-25-21(27)33)17(31)15(29)16(30)18(32)20-24-26-22(34)28(20)14-9-5-12(2)6-10-14/h3-10,15-18,29-32H,1-2H3,(H,25,33)(H,26,34)/t15-,16+,17+,18-. The predicted molar refractivity (Wildman–Crippen MR) is 129 cm³/mol. The molecule has 178 valence electrons. The van der Waals surface area contributed by atoms with E-state index < -0.39 is 24.4 Å². The largest absolute Gasteiger partial charge is 0.387 e. The molecule has 0 saturated heterocycles. The first-order valence-corrected chi connectivity index (χ1v) is 11.2. The highest BCUT2D eigenvalue weighted by Gasteiger charge is 2.37. The van der Waals surface area contributed by atoms with Gasteiger partial charge in [-0.15, -0.1) is 0 Å². The molecular formula is C22H24N6O4S2. The van der Waals surface area contributed by atoms with E-state index in [0.29, 0.717) is 11.4 Å². The van der Waals surface area contributed by atoms with E-state index in [-0.39, 0.29) is 21.2 Å². The fraction of sp³-hybridized carbons (Fsp3) is 0.273. The van der Waals surface area contributed by atoms with Crippen molar-refractivity contribution in [2.75, 3.05) is 0 Å². The van der Waals surface area contributed by atoms with Crippen LogP contribution in [0, 0.1) is 23.4 Å². The second-order valence-corrected chi connectivity index (χ2v) is 8.76. The van der Waals surface area contributed by atoms with E-state index in [2.05, 4.69) is 20.4 Å². The molecule has 2 heterocycles. The molecule has 0 saturated carbocycles. The highest BCUT2D eigenvalue weighted by atomic mass is 32.1. The Balaban J connectivity index is 1.64. The average molecular weight is 501 g/mol. The van der Waals surface area contributed by atoms with Crippen molar-refractivity contribution in [3.63, 3.8) is 0 Å². The van der Waals surface area contributed by atoms with Crippen molar-refractivity contribution in [2.24, 2.45) is 0 Å². The zero-order chi connectivity index (χ0) is 24.6. The average Bonchev–Trinajstić information content (AvgIpc) is 3.41. The molecule has 2 aromatic heterocycles. The van der Waals surface area contributed by atoms with Crippen LogP contribution in [0.25, 0.3) is 11.4 Å². The first kappa shape index (κ1) is 24.1. The molecule has 34 heavy (non-hydrogen) atoms. The van der Waals surface area contributed by atoms with Gasteiger partial charge in [0.1, 0.15) is 24.4 Å². The topological polar surface area (TPSA) is 148 Å². The minimum Gasteiger partial charge on any atom is -0.387 e. The molecule has 0 radical (unpaired) electrons. The minimum absolute atomic E-state index is 0.0231. The van der Waals surface area contributed by atoms with Crippen molar-refractivity contribution in [1.82, 2.24) is 29.5 Å². The number of hydrogen-bond donors (Lipinski definition) is 6. The zero-order valence-corrected chi connectivity index (χ0v) is 20.0. The van der Waals surface area contributed by atoms with E-state index >= 15 is 0 Å². The molecule has 12 heteroatoms. The van der Waals surface area contributed by atoms with Crippen LogP contribution in [-0.4, -0.2) is 62.2 Å². The third kappa shape index (κ3) is 4.51. The van der Waals surface area contributed by atoms with Gasteiger partial charge in [-0.05, 0) is 62.5 Å². The number of nitrogens with zero attached hydrogens (tertiary/aromatic N) is 4. The van der Waals surface area contributed by atoms with Crippen LogP contribution in [-0.2, 0) is 0 Å². The lowest BCUT2D eigenvalue weighted by Crippen LogP contribution is -2.38. The van der Waals surface area contributed by atoms with Crippen LogP contribution < -0.4 is 0 Å². The van der Waals surface area contributed by atoms with Crippen molar-refractivity contribution in [2.45, 2.75) is 38.3 Å². The normalized spacial score (nSPS) is 15.1. The minimum atomic E-state index is -1.83. The SMILES string of the molecule is Cc1ccc(-n2c([C@@H](O)[C@H](O)[C@H](O)[C@@H](O)c3n[nH]c(=S)n3-c3ccc(C)cc3)n[nH]c2=S)cc1. The Bertz CT molecular complexity index is 1280. The maximum absolute atomic E-state index is 10.9. The van der Waals surface area contributed by atoms with Gasteiger partial charge in [-0.1, -0.05) is 35.4 Å². The van der Waals surface area contributed by atoms with Crippen molar-refractivity contribution < 1.29 is 20.4 Å². The van der Waals surface area contributed by atoms with E-state index in [9.17, 15) is 20.4 Å². The Labute approximate surface area is 204 Å². The van der Waals surface area contributed by atoms with Gasteiger partial charge in [0.2, 0.25) is 0 Å². The summed E-state index contributed by atoms with van der Waals surface area (Å²) in [6.45, 7) is 3.86. The van der Waals surface area contributed by atoms with Crippen molar-refractivity contribution >= 4 is 24.4 Å². The van der Waals surface area contributed by atoms with E-state index in [4.69, 9.17) is 24.4 Å². The summed E-state index contributed by atoms with van der Waals surface area (Å²) in [5, 5.41) is 56.5. The first-order chi connectivity index (χ1) is 16.2. The Morgan fingerprint density at radius 2 is 0.971 bits per heavy atom. The fourth-order valence-electron chi connectivity index (χ4n) is 3.58. The molecule has 0 aliphatic heterocycles. The van der Waals surface area contributed by atoms with Crippen LogP contribution in [0.15, 0.2) is 48.5 Å². The lowest BCUT2D eigenvalue weighted by molar-refractivity contribution is -0.112. The molecule has 0 spiro atoms. The molecule has 4 atom stereocenters. The van der Waals surface area contributed by atoms with E-state index in [1.807, 2.05) is 38.1 Å². The highest BCUT2D eigenvalue weighted by molar-refractivity contribution is 7.71. The summed E-state index contributed by atoms with van der Waals surface area (Å²) in [5.41, 5.74) is 3.28. The summed E-state index contributed by atoms with van der Waals surface area (Å²) >= 11 is 10.6. The molecular weight excluding hydrogens is 476 g/mol. The number of aromatic nitrogens is 6. The van der Waals surface area contributed by atoms with Gasteiger partial charge in [-0.2, -0.15) is 10.2 Å². The molecule has 0 unspecified atom stereocenters. The number of benzene rings is 2. The molecule has 0 amide bonds. The number of aromatic amines is 2. The second kappa shape index (κ2) is 9.70. The van der Waals surface area contributed by atoms with Crippen LogP contribution >= 0.6 is 24.4 Å². The zero-order valence-electron chi connectivity index (χ0n) is 18.3. The maximum atomic E-state index is 10.9. The summed E-state index contributed by atoms with van der Waals surface area (Å²) in [5.74, 6) is -0.0463. The Hall–Kier alpha value is -3.00. The Kier molecular flexibility index (Phi) is 6.89. The summed E-state index contributed by atoms with van der Waals surface area (Å²) in [4.78, 5) is 0. The number of nitrogens with one attached hydrogen (secondary N) is 2. The summed E-state index contributed by atoms with van der Waals surface area (Å²) in [6.07, 6.45) is -7.04. The van der Waals surface area contributed by atoms with Gasteiger partial charge in [-0.3, -0.25) is 19.3 Å². The summed E-state index contributed by atoms with van der Waals surface area (Å²) < 4.78 is 3.29. The molecule has 10 nitrogen and oxygen atoms in total. The third-order valence-electron chi connectivity index (χ3n) is 5.51. The van der Waals surface area contributed by atoms with Gasteiger partial charge in [0.15, 0.2) is 21.2 Å². The van der Waals surface area contributed by atoms with Gasteiger partial charge >= 0.3 is 0 Å². The summed E-state index contributed by atoms with van der Waals surface area (Å²) in [6, 6.07) is 14.6. The number of aliphatic hydroxyl groups excluding tert-OH is 4. The summed E-state index contributed by atoms with van der Waals surface area (Å²) in [7, 11) is 0. The number of aryl methyl sites for hydroxylation is 2. The van der Waals surface area contributed by atoms with Crippen LogP contribution in [0.4, 0.5) is 0 Å². The monoisotopic (exact) mass is 500 g/mol. The fourth-order valence-corrected chi connectivity index (χ4v) is 4.07. The van der Waals surface area contributed by atoms with Gasteiger partial charge < -0.3 is 20.4 Å². The van der Waals surface area contributed by atoms with Gasteiger partial charge in [0.25, 0.3) is 0 Å². The first-order valence-electron chi connectivity index (χ1n) is 10.4. The lowest BCUT2D eigenvalue weighted by atomic mass is 10.0. The number of hydrogen-bond acceptors (Lipinski definition) is 8. The molecule has 2 aromatic carbocycles. The molecule has 0 bridgehead atoms. The Morgan fingerprint density at radius 3 is 1.29 bits per heavy atom. The molecule has 0 aliphatic rings. The van der Waals surface area contributed by atoms with E-state index in [1.54, 1.807) is 24.3 Å². The quantitative estimate of drug-likeness (QED) is 0.212. The van der Waals surface area contributed by atoms with Crippen molar-refractivity contribution in [1.29, 1.82) is 0 Å². The number of rotatable bonds is 7. The number of H-pyrrole nitrogens is 2. The van der Waals surface area contributed by atoms with Crippen molar-refractivity contribution in [3.8, 4) is 11.4 Å². The molecule has 0 fully saturated rings. The highest BCUT2D eigenvalue weighted by Crippen LogP contribution is 2.27. The Morgan fingerprint density at radius 1 is 0.647 bits per heavy atom. The lowest BCUT2D eigenvalue weighted by Gasteiger charge is -2.26. The second-order valence-electron chi connectivity index (χ2n) is 7.99. The third-order valence-corrected chi connectivity index (χ3v) is 6.05. The van der Waals surface area contributed by atoms with Crippen LogP contribution in [0.2, 0.25) is 0 Å². The number of aliphatic hydroxyl groups is 4. The smallest absolute Gasteiger partial charge is 0.199 e. The van der Waals surface area contributed by atoms with Crippen molar-refractivity contribution in [3.05, 3.63) is 80.8 Å². The molecule has 4 rings (SSSR count).